The fraction of sp³-hybridized carbons (Fsp3) is 0.643. The van der Waals surface area contributed by atoms with Crippen LogP contribution in [0, 0.1) is 0 Å². The minimum atomic E-state index is 0.187. The number of hydrogen-bond acceptors (Lipinski definition) is 5. The summed E-state index contributed by atoms with van der Waals surface area (Å²) in [6.45, 7) is 6.58. The largest absolute Gasteiger partial charge is 0.481 e. The first-order valence-electron chi connectivity index (χ1n) is 6.73. The Hall–Kier alpha value is -1.17. The van der Waals surface area contributed by atoms with Crippen molar-refractivity contribution in [2.45, 2.75) is 32.1 Å². The lowest BCUT2D eigenvalue weighted by molar-refractivity contribution is -0.0799. The van der Waals surface area contributed by atoms with E-state index in [2.05, 4.69) is 23.7 Å². The maximum absolute atomic E-state index is 5.96. The number of pyridine rings is 1. The maximum Gasteiger partial charge on any atom is 0.212 e. The van der Waals surface area contributed by atoms with E-state index in [1.807, 2.05) is 18.3 Å². The zero-order chi connectivity index (χ0) is 13.8. The Labute approximate surface area is 114 Å². The van der Waals surface area contributed by atoms with Crippen LogP contribution in [-0.2, 0) is 4.74 Å². The molecule has 1 fully saturated rings. The lowest BCUT2D eigenvalue weighted by Crippen LogP contribution is -2.48. The van der Waals surface area contributed by atoms with Crippen molar-refractivity contribution in [1.82, 2.24) is 9.88 Å². The van der Waals surface area contributed by atoms with Gasteiger partial charge in [0.2, 0.25) is 5.88 Å². The minimum Gasteiger partial charge on any atom is -0.481 e. The second kappa shape index (κ2) is 6.32. The third-order valence-electron chi connectivity index (χ3n) is 3.47. The van der Waals surface area contributed by atoms with Gasteiger partial charge in [-0.3, -0.25) is 4.90 Å². The Morgan fingerprint density at radius 3 is 2.58 bits per heavy atom. The van der Waals surface area contributed by atoms with Crippen LogP contribution in [-0.4, -0.2) is 48.8 Å². The number of rotatable bonds is 4. The molecule has 3 atom stereocenters. The number of morpholine rings is 1. The highest BCUT2D eigenvalue weighted by atomic mass is 16.5. The summed E-state index contributed by atoms with van der Waals surface area (Å²) in [7, 11) is 1.62. The van der Waals surface area contributed by atoms with Gasteiger partial charge in [-0.15, -0.1) is 0 Å². The van der Waals surface area contributed by atoms with Gasteiger partial charge in [-0.1, -0.05) is 6.07 Å². The Bertz CT molecular complexity index is 386. The Morgan fingerprint density at radius 1 is 1.42 bits per heavy atom. The summed E-state index contributed by atoms with van der Waals surface area (Å²) in [5.41, 5.74) is 7.08. The van der Waals surface area contributed by atoms with Crippen molar-refractivity contribution in [3.63, 3.8) is 0 Å². The van der Waals surface area contributed by atoms with Crippen molar-refractivity contribution < 1.29 is 9.47 Å². The molecule has 1 aliphatic heterocycles. The monoisotopic (exact) mass is 265 g/mol. The van der Waals surface area contributed by atoms with Crippen LogP contribution in [0.25, 0.3) is 0 Å². The first kappa shape index (κ1) is 14.2. The molecule has 0 spiro atoms. The van der Waals surface area contributed by atoms with Crippen LogP contribution in [0.5, 0.6) is 5.88 Å². The van der Waals surface area contributed by atoms with Gasteiger partial charge in [-0.25, -0.2) is 4.98 Å². The van der Waals surface area contributed by atoms with E-state index in [-0.39, 0.29) is 18.2 Å². The van der Waals surface area contributed by atoms with E-state index in [1.165, 1.54) is 0 Å². The third kappa shape index (κ3) is 3.43. The smallest absolute Gasteiger partial charge is 0.212 e. The summed E-state index contributed by atoms with van der Waals surface area (Å²) in [4.78, 5) is 6.64. The van der Waals surface area contributed by atoms with Gasteiger partial charge in [0.05, 0.1) is 19.3 Å². The van der Waals surface area contributed by atoms with Crippen LogP contribution in [0.1, 0.15) is 25.5 Å². The lowest BCUT2D eigenvalue weighted by atomic mass is 10.1. The molecule has 0 saturated carbocycles. The molecular formula is C14H23N3O2. The van der Waals surface area contributed by atoms with Crippen LogP contribution in [0.4, 0.5) is 0 Å². The van der Waals surface area contributed by atoms with Crippen LogP contribution < -0.4 is 10.5 Å². The third-order valence-corrected chi connectivity index (χ3v) is 3.47. The summed E-state index contributed by atoms with van der Waals surface area (Å²) in [5.74, 6) is 0.628. The molecule has 5 heteroatoms. The summed E-state index contributed by atoms with van der Waals surface area (Å²) in [6.07, 6.45) is 2.33. The molecule has 1 aromatic rings. The molecule has 0 bridgehead atoms. The average Bonchev–Trinajstić information content (AvgIpc) is 2.39. The lowest BCUT2D eigenvalue weighted by Gasteiger charge is -2.39. The standard InChI is InChI=1S/C14H23N3O2/c1-10-8-17(9-11(2)19-10)13(6-15)12-4-5-14(18-3)16-7-12/h4-5,7,10-11,13H,6,8-9,15H2,1-3H3/t10-,11+,13?. The van der Waals surface area contributed by atoms with Crippen molar-refractivity contribution in [2.75, 3.05) is 26.7 Å². The number of nitrogens with zero attached hydrogens (tertiary/aromatic N) is 2. The Morgan fingerprint density at radius 2 is 2.11 bits per heavy atom. The van der Waals surface area contributed by atoms with Crippen molar-refractivity contribution in [1.29, 1.82) is 0 Å². The molecular weight excluding hydrogens is 242 g/mol. The Kier molecular flexibility index (Phi) is 4.74. The van der Waals surface area contributed by atoms with Gasteiger partial charge in [0, 0.05) is 37.9 Å². The van der Waals surface area contributed by atoms with Crippen LogP contribution in [0.15, 0.2) is 18.3 Å². The fourth-order valence-corrected chi connectivity index (χ4v) is 2.68. The van der Waals surface area contributed by atoms with E-state index in [4.69, 9.17) is 15.2 Å². The molecule has 2 N–H and O–H groups in total. The quantitative estimate of drug-likeness (QED) is 0.886. The number of hydrogen-bond donors (Lipinski definition) is 1. The van der Waals surface area contributed by atoms with Gasteiger partial charge in [0.15, 0.2) is 0 Å². The molecule has 106 valence electrons. The number of methoxy groups -OCH3 is 1. The predicted molar refractivity (Wildman–Crippen MR) is 74.2 cm³/mol. The highest BCUT2D eigenvalue weighted by Crippen LogP contribution is 2.24. The molecule has 1 unspecified atom stereocenters. The summed E-state index contributed by atoms with van der Waals surface area (Å²) in [5, 5.41) is 0. The summed E-state index contributed by atoms with van der Waals surface area (Å²) in [6, 6.07) is 4.10. The van der Waals surface area contributed by atoms with Crippen LogP contribution in [0.3, 0.4) is 0 Å². The molecule has 0 amide bonds. The number of ether oxygens (including phenoxy) is 2. The topological polar surface area (TPSA) is 60.6 Å². The van der Waals surface area contributed by atoms with Crippen molar-refractivity contribution in [3.05, 3.63) is 23.9 Å². The number of nitrogens with two attached hydrogens (primary N) is 1. The van der Waals surface area contributed by atoms with Gasteiger partial charge >= 0.3 is 0 Å². The fourth-order valence-electron chi connectivity index (χ4n) is 2.68. The molecule has 2 heterocycles. The molecule has 0 aliphatic carbocycles. The first-order chi connectivity index (χ1) is 9.13. The van der Waals surface area contributed by atoms with Gasteiger partial charge in [-0.2, -0.15) is 0 Å². The first-order valence-corrected chi connectivity index (χ1v) is 6.73. The molecule has 1 saturated heterocycles. The predicted octanol–water partition coefficient (Wildman–Crippen LogP) is 1.20. The normalized spacial score (nSPS) is 26.1. The zero-order valence-corrected chi connectivity index (χ0v) is 11.9. The highest BCUT2D eigenvalue weighted by Gasteiger charge is 2.28. The average molecular weight is 265 g/mol. The molecule has 19 heavy (non-hydrogen) atoms. The van der Waals surface area contributed by atoms with Gasteiger partial charge in [-0.05, 0) is 19.4 Å². The number of aromatic nitrogens is 1. The molecule has 1 aliphatic rings. The summed E-state index contributed by atoms with van der Waals surface area (Å²) >= 11 is 0. The second-order valence-corrected chi connectivity index (χ2v) is 5.10. The highest BCUT2D eigenvalue weighted by molar-refractivity contribution is 5.21. The van der Waals surface area contributed by atoms with E-state index in [9.17, 15) is 0 Å². The molecule has 0 aromatic carbocycles. The van der Waals surface area contributed by atoms with Gasteiger partial charge in [0.1, 0.15) is 0 Å². The van der Waals surface area contributed by atoms with E-state index < -0.39 is 0 Å². The Balaban J connectivity index is 2.13. The van der Waals surface area contributed by atoms with Crippen LogP contribution >= 0.6 is 0 Å². The van der Waals surface area contributed by atoms with Crippen molar-refractivity contribution >= 4 is 0 Å². The van der Waals surface area contributed by atoms with Crippen molar-refractivity contribution in [2.24, 2.45) is 5.73 Å². The van der Waals surface area contributed by atoms with Gasteiger partial charge in [0.25, 0.3) is 0 Å². The molecule has 5 nitrogen and oxygen atoms in total. The van der Waals surface area contributed by atoms with E-state index in [0.717, 1.165) is 18.7 Å². The van der Waals surface area contributed by atoms with Crippen LogP contribution in [0.2, 0.25) is 0 Å². The van der Waals surface area contributed by atoms with E-state index in [1.54, 1.807) is 7.11 Å². The SMILES string of the molecule is COc1ccc(C(CN)N2C[C@@H](C)O[C@@H](C)C2)cn1. The van der Waals surface area contributed by atoms with E-state index in [0.29, 0.717) is 12.4 Å². The summed E-state index contributed by atoms with van der Waals surface area (Å²) < 4.78 is 10.9. The van der Waals surface area contributed by atoms with Gasteiger partial charge < -0.3 is 15.2 Å². The molecule has 1 aromatic heterocycles. The minimum absolute atomic E-state index is 0.187. The van der Waals surface area contributed by atoms with E-state index >= 15 is 0 Å². The maximum atomic E-state index is 5.96. The molecule has 0 radical (unpaired) electrons. The van der Waals surface area contributed by atoms with Crippen molar-refractivity contribution in [3.8, 4) is 5.88 Å². The zero-order valence-electron chi connectivity index (χ0n) is 11.9. The second-order valence-electron chi connectivity index (χ2n) is 5.10. The molecule has 2 rings (SSSR count).